The number of ether oxygens (including phenoxy) is 2. The summed E-state index contributed by atoms with van der Waals surface area (Å²) in [5.41, 5.74) is 0.859. The Balaban J connectivity index is 1.59. The molecule has 0 saturated heterocycles. The summed E-state index contributed by atoms with van der Waals surface area (Å²) in [6.07, 6.45) is -3.26. The summed E-state index contributed by atoms with van der Waals surface area (Å²) in [5.74, 6) is 1.58. The number of anilines is 3. The minimum absolute atomic E-state index is 0.0611. The van der Waals surface area contributed by atoms with Crippen molar-refractivity contribution in [2.75, 3.05) is 37.5 Å². The third-order valence-corrected chi connectivity index (χ3v) is 5.55. The van der Waals surface area contributed by atoms with Gasteiger partial charge in [-0.05, 0) is 42.5 Å². The average molecular weight is 482 g/mol. The van der Waals surface area contributed by atoms with Crippen molar-refractivity contribution in [1.29, 1.82) is 0 Å². The molecular weight excluding hydrogens is 461 g/mol. The zero-order valence-corrected chi connectivity index (χ0v) is 18.9. The lowest BCUT2D eigenvalue weighted by Gasteiger charge is -2.28. The minimum Gasteiger partial charge on any atom is -0.490 e. The van der Waals surface area contributed by atoms with Gasteiger partial charge in [0.15, 0.2) is 11.5 Å². The molecule has 4 heterocycles. The van der Waals surface area contributed by atoms with Crippen LogP contribution in [-0.4, -0.2) is 47.2 Å². The highest BCUT2D eigenvalue weighted by atomic mass is 19.4. The van der Waals surface area contributed by atoms with Crippen LogP contribution in [0.2, 0.25) is 0 Å². The Labute approximate surface area is 198 Å². The highest BCUT2D eigenvalue weighted by molar-refractivity contribution is 5.90. The van der Waals surface area contributed by atoms with Gasteiger partial charge in [0.2, 0.25) is 0 Å². The number of nitrogens with one attached hydrogen (secondary N) is 1. The number of fused-ring (bicyclic) bond motifs is 2. The fourth-order valence-corrected chi connectivity index (χ4v) is 3.88. The zero-order valence-electron chi connectivity index (χ0n) is 18.9. The third kappa shape index (κ3) is 4.54. The van der Waals surface area contributed by atoms with Gasteiger partial charge in [-0.3, -0.25) is 4.98 Å². The van der Waals surface area contributed by atoms with Gasteiger partial charge in [-0.2, -0.15) is 13.2 Å². The van der Waals surface area contributed by atoms with E-state index in [1.54, 1.807) is 6.07 Å². The van der Waals surface area contributed by atoms with Gasteiger partial charge in [-0.1, -0.05) is 0 Å². The summed E-state index contributed by atoms with van der Waals surface area (Å²) in [6.45, 7) is 1.49. The van der Waals surface area contributed by atoms with E-state index in [1.807, 2.05) is 25.2 Å². The first kappa shape index (κ1) is 22.8. The molecule has 0 bridgehead atoms. The molecule has 0 aliphatic carbocycles. The predicted molar refractivity (Wildman–Crippen MR) is 125 cm³/mol. The largest absolute Gasteiger partial charge is 0.490 e. The highest BCUT2D eigenvalue weighted by Crippen LogP contribution is 2.37. The molecule has 180 valence electrons. The third-order valence-electron chi connectivity index (χ3n) is 5.55. The van der Waals surface area contributed by atoms with E-state index in [-0.39, 0.29) is 23.6 Å². The van der Waals surface area contributed by atoms with Gasteiger partial charge in [0.05, 0.1) is 28.9 Å². The number of halogens is 3. The van der Waals surface area contributed by atoms with E-state index in [2.05, 4.69) is 30.2 Å². The number of alkyl halides is 3. The second kappa shape index (κ2) is 8.99. The molecule has 5 rings (SSSR count). The van der Waals surface area contributed by atoms with Crippen LogP contribution in [-0.2, 0) is 17.5 Å². The Bertz CT molecular complexity index is 1400. The summed E-state index contributed by atoms with van der Waals surface area (Å²) in [7, 11) is 3.49. The van der Waals surface area contributed by atoms with E-state index in [0.717, 1.165) is 29.7 Å². The van der Waals surface area contributed by atoms with Gasteiger partial charge < -0.3 is 19.7 Å². The van der Waals surface area contributed by atoms with Crippen LogP contribution in [0.15, 0.2) is 48.7 Å². The van der Waals surface area contributed by atoms with E-state index in [9.17, 15) is 13.2 Å². The second-order valence-electron chi connectivity index (χ2n) is 7.96. The quantitative estimate of drug-likeness (QED) is 0.433. The number of hydrogen-bond donors (Lipinski definition) is 1. The molecule has 3 aromatic heterocycles. The van der Waals surface area contributed by atoms with Crippen LogP contribution in [0.4, 0.5) is 30.4 Å². The van der Waals surface area contributed by atoms with Crippen LogP contribution >= 0.6 is 0 Å². The summed E-state index contributed by atoms with van der Waals surface area (Å²) >= 11 is 0. The number of methoxy groups -OCH3 is 1. The highest BCUT2D eigenvalue weighted by Gasteiger charge is 2.34. The number of likely N-dealkylation sites (N-methyl/N-ethyl adjacent to an activating group) is 1. The van der Waals surface area contributed by atoms with Crippen molar-refractivity contribution in [2.24, 2.45) is 0 Å². The number of rotatable bonds is 5. The van der Waals surface area contributed by atoms with Gasteiger partial charge in [0.25, 0.3) is 0 Å². The number of aromatic nitrogens is 4. The van der Waals surface area contributed by atoms with Gasteiger partial charge in [-0.15, -0.1) is 0 Å². The first-order chi connectivity index (χ1) is 16.8. The smallest absolute Gasteiger partial charge is 0.418 e. The normalized spacial score (nSPS) is 13.5. The van der Waals surface area contributed by atoms with E-state index in [4.69, 9.17) is 9.47 Å². The molecule has 0 saturated carbocycles. The molecule has 0 amide bonds. The first-order valence-electron chi connectivity index (χ1n) is 10.8. The molecular formula is C24H21F3N6O2. The van der Waals surface area contributed by atoms with E-state index >= 15 is 0 Å². The molecule has 0 radical (unpaired) electrons. The number of benzene rings is 1. The van der Waals surface area contributed by atoms with Crippen molar-refractivity contribution >= 4 is 28.2 Å². The van der Waals surface area contributed by atoms with Crippen molar-refractivity contribution < 1.29 is 22.6 Å². The Morgan fingerprint density at radius 2 is 1.97 bits per heavy atom. The molecule has 1 N–H and O–H groups in total. The molecule has 11 heteroatoms. The van der Waals surface area contributed by atoms with Crippen molar-refractivity contribution in [2.45, 2.75) is 12.8 Å². The van der Waals surface area contributed by atoms with E-state index in [1.165, 1.54) is 25.4 Å². The average Bonchev–Trinajstić information content (AvgIpc) is 2.84. The van der Waals surface area contributed by atoms with E-state index in [0.29, 0.717) is 23.6 Å². The lowest BCUT2D eigenvalue weighted by atomic mass is 10.1. The van der Waals surface area contributed by atoms with E-state index < -0.39 is 11.7 Å². The van der Waals surface area contributed by atoms with Crippen LogP contribution in [0.25, 0.3) is 22.4 Å². The standard InChI is InChI=1S/C24H21F3N6O2/c1-33-10-11-35-19-8-5-14(12-18(19)33)29-22-15-6-7-17(30-23(15)32-20(31-22)13-34-2)21-16(24(25,26)27)4-3-9-28-21/h3-9,12H,10-11,13H2,1-2H3,(H,29,30,31,32). The van der Waals surface area contributed by atoms with Crippen LogP contribution in [0.3, 0.4) is 0 Å². The summed E-state index contributed by atoms with van der Waals surface area (Å²) < 4.78 is 51.5. The molecule has 1 aliphatic rings. The van der Waals surface area contributed by atoms with Crippen LogP contribution in [0.5, 0.6) is 5.75 Å². The number of hydrogen-bond acceptors (Lipinski definition) is 8. The van der Waals surface area contributed by atoms with Gasteiger partial charge in [0.1, 0.15) is 30.5 Å². The maximum absolute atomic E-state index is 13.5. The number of nitrogens with zero attached hydrogens (tertiary/aromatic N) is 5. The molecule has 1 aliphatic heterocycles. The fourth-order valence-electron chi connectivity index (χ4n) is 3.88. The van der Waals surface area contributed by atoms with Crippen LogP contribution < -0.4 is 15.0 Å². The Morgan fingerprint density at radius 3 is 2.77 bits per heavy atom. The topological polar surface area (TPSA) is 85.3 Å². The minimum atomic E-state index is -4.57. The maximum Gasteiger partial charge on any atom is 0.418 e. The second-order valence-corrected chi connectivity index (χ2v) is 7.96. The van der Waals surface area contributed by atoms with Crippen molar-refractivity contribution in [3.63, 3.8) is 0 Å². The summed E-state index contributed by atoms with van der Waals surface area (Å²) in [4.78, 5) is 19.4. The number of pyridine rings is 2. The fraction of sp³-hybridized carbons (Fsp3) is 0.250. The molecule has 4 aromatic rings. The van der Waals surface area contributed by atoms with Crippen molar-refractivity contribution in [1.82, 2.24) is 19.9 Å². The Kier molecular flexibility index (Phi) is 5.85. The molecule has 0 atom stereocenters. The summed E-state index contributed by atoms with van der Waals surface area (Å²) in [6, 6.07) is 11.0. The van der Waals surface area contributed by atoms with Crippen molar-refractivity contribution in [3.8, 4) is 17.1 Å². The molecule has 0 unspecified atom stereocenters. The van der Waals surface area contributed by atoms with Crippen LogP contribution in [0, 0.1) is 0 Å². The lowest BCUT2D eigenvalue weighted by Crippen LogP contribution is -2.28. The molecule has 1 aromatic carbocycles. The van der Waals surface area contributed by atoms with Gasteiger partial charge in [0, 0.05) is 26.0 Å². The predicted octanol–water partition coefficient (Wildman–Crippen LogP) is 4.82. The van der Waals surface area contributed by atoms with Crippen LogP contribution in [0.1, 0.15) is 11.4 Å². The van der Waals surface area contributed by atoms with Gasteiger partial charge >= 0.3 is 6.18 Å². The SMILES string of the molecule is COCc1nc(Nc2ccc3c(c2)N(C)CCO3)c2ccc(-c3ncccc3C(F)(F)F)nc2n1. The Hall–Kier alpha value is -3.99. The first-order valence-corrected chi connectivity index (χ1v) is 10.8. The maximum atomic E-state index is 13.5. The zero-order chi connectivity index (χ0) is 24.6. The molecule has 8 nitrogen and oxygen atoms in total. The monoisotopic (exact) mass is 482 g/mol. The summed E-state index contributed by atoms with van der Waals surface area (Å²) in [5, 5.41) is 3.83. The van der Waals surface area contributed by atoms with Crippen molar-refractivity contribution in [3.05, 3.63) is 60.0 Å². The lowest BCUT2D eigenvalue weighted by molar-refractivity contribution is -0.137. The molecule has 0 spiro atoms. The molecule has 0 fully saturated rings. The van der Waals surface area contributed by atoms with Gasteiger partial charge in [-0.25, -0.2) is 15.0 Å². The molecule has 35 heavy (non-hydrogen) atoms. The Morgan fingerprint density at radius 1 is 1.11 bits per heavy atom.